The zero-order chi connectivity index (χ0) is 15.1. The van der Waals surface area contributed by atoms with Crippen molar-refractivity contribution in [2.75, 3.05) is 26.2 Å². The van der Waals surface area contributed by atoms with E-state index in [0.717, 1.165) is 32.4 Å². The van der Waals surface area contributed by atoms with Crippen LogP contribution in [0.1, 0.15) is 45.4 Å². The van der Waals surface area contributed by atoms with Crippen molar-refractivity contribution in [2.45, 2.75) is 57.5 Å². The molecule has 3 N–H and O–H groups in total. The fraction of sp³-hybridized carbons (Fsp3) is 0.867. The molecule has 0 radical (unpaired) electrons. The molecule has 21 heavy (non-hydrogen) atoms. The van der Waals surface area contributed by atoms with Gasteiger partial charge in [-0.05, 0) is 45.2 Å². The number of carbonyl (C=O) groups is 2. The Hall–Kier alpha value is -1.14. The van der Waals surface area contributed by atoms with Crippen molar-refractivity contribution in [1.82, 2.24) is 20.9 Å². The van der Waals surface area contributed by atoms with E-state index in [1.54, 1.807) is 0 Å². The zero-order valence-corrected chi connectivity index (χ0v) is 13.0. The lowest BCUT2D eigenvalue weighted by Gasteiger charge is -2.38. The molecule has 2 aliphatic rings. The van der Waals surface area contributed by atoms with Crippen molar-refractivity contribution >= 4 is 11.9 Å². The summed E-state index contributed by atoms with van der Waals surface area (Å²) in [6, 6.07) is 0.562. The third-order valence-electron chi connectivity index (χ3n) is 4.36. The van der Waals surface area contributed by atoms with E-state index in [-0.39, 0.29) is 11.9 Å². The fourth-order valence-corrected chi connectivity index (χ4v) is 3.34. The highest BCUT2D eigenvalue weighted by atomic mass is 16.2. The van der Waals surface area contributed by atoms with Crippen LogP contribution < -0.4 is 16.0 Å². The van der Waals surface area contributed by atoms with Gasteiger partial charge in [-0.2, -0.15) is 0 Å². The second kappa shape index (κ2) is 8.34. The van der Waals surface area contributed by atoms with Crippen LogP contribution in [0.2, 0.25) is 0 Å². The summed E-state index contributed by atoms with van der Waals surface area (Å²) in [6.07, 6.45) is 6.80. The summed E-state index contributed by atoms with van der Waals surface area (Å²) < 4.78 is 0. The molecule has 2 fully saturated rings. The van der Waals surface area contributed by atoms with Crippen molar-refractivity contribution in [3.8, 4) is 0 Å². The van der Waals surface area contributed by atoms with E-state index in [1.165, 1.54) is 19.3 Å². The Balaban J connectivity index is 1.80. The van der Waals surface area contributed by atoms with Crippen LogP contribution in [0, 0.1) is 0 Å². The molecule has 0 saturated carbocycles. The van der Waals surface area contributed by atoms with Gasteiger partial charge in [-0.15, -0.1) is 0 Å². The molecule has 0 bridgehead atoms. The molecule has 2 saturated heterocycles. The van der Waals surface area contributed by atoms with E-state index >= 15 is 0 Å². The van der Waals surface area contributed by atoms with Gasteiger partial charge in [-0.25, -0.2) is 4.79 Å². The van der Waals surface area contributed by atoms with Gasteiger partial charge < -0.3 is 10.6 Å². The number of imide groups is 1. The second-order valence-electron chi connectivity index (χ2n) is 6.04. The van der Waals surface area contributed by atoms with Crippen molar-refractivity contribution in [2.24, 2.45) is 0 Å². The molecule has 6 heteroatoms. The molecular formula is C15H28N4O2. The number of piperidine rings is 1. The Labute approximate surface area is 127 Å². The molecule has 0 spiro atoms. The Kier molecular flexibility index (Phi) is 6.45. The number of hydrogen-bond donors (Lipinski definition) is 3. The second-order valence-corrected chi connectivity index (χ2v) is 6.04. The van der Waals surface area contributed by atoms with Gasteiger partial charge in [0.1, 0.15) is 0 Å². The molecule has 2 atom stereocenters. The molecule has 2 heterocycles. The van der Waals surface area contributed by atoms with Gasteiger partial charge in [0.25, 0.3) is 0 Å². The lowest BCUT2D eigenvalue weighted by molar-refractivity contribution is -0.122. The monoisotopic (exact) mass is 296 g/mol. The molecule has 6 nitrogen and oxygen atoms in total. The third kappa shape index (κ3) is 4.97. The van der Waals surface area contributed by atoms with Gasteiger partial charge in [0.2, 0.25) is 5.91 Å². The number of nitrogens with one attached hydrogen (secondary N) is 3. The van der Waals surface area contributed by atoms with Gasteiger partial charge in [-0.3, -0.25) is 15.0 Å². The van der Waals surface area contributed by atoms with Gasteiger partial charge >= 0.3 is 6.03 Å². The van der Waals surface area contributed by atoms with E-state index in [9.17, 15) is 9.59 Å². The normalized spacial score (nSPS) is 26.5. The predicted octanol–water partition coefficient (Wildman–Crippen LogP) is 0.829. The average Bonchev–Trinajstić information content (AvgIpc) is 2.99. The summed E-state index contributed by atoms with van der Waals surface area (Å²) in [4.78, 5) is 25.8. The first-order valence-corrected chi connectivity index (χ1v) is 8.26. The van der Waals surface area contributed by atoms with Gasteiger partial charge in [0, 0.05) is 18.6 Å². The number of urea groups is 1. The molecule has 2 rings (SSSR count). The van der Waals surface area contributed by atoms with Crippen LogP contribution in [0.5, 0.6) is 0 Å². The van der Waals surface area contributed by atoms with E-state index in [2.05, 4.69) is 20.9 Å². The number of likely N-dealkylation sites (tertiary alicyclic amines) is 1. The number of rotatable bonds is 5. The van der Waals surface area contributed by atoms with E-state index < -0.39 is 0 Å². The molecule has 120 valence electrons. The summed E-state index contributed by atoms with van der Waals surface area (Å²) in [5.41, 5.74) is 0. The van der Waals surface area contributed by atoms with Crippen LogP contribution in [0.4, 0.5) is 4.79 Å². The zero-order valence-electron chi connectivity index (χ0n) is 13.0. The summed E-state index contributed by atoms with van der Waals surface area (Å²) in [5, 5.41) is 8.63. The smallest absolute Gasteiger partial charge is 0.321 e. The van der Waals surface area contributed by atoms with Crippen LogP contribution in [0.3, 0.4) is 0 Å². The topological polar surface area (TPSA) is 73.5 Å². The maximum atomic E-state index is 12.0. The molecule has 0 aromatic rings. The SMILES string of the molecule is CCCNC(=O)NC(=O)CN1CCCCC1C1CCCN1. The first kappa shape index (κ1) is 16.2. The Morgan fingerprint density at radius 2 is 2.10 bits per heavy atom. The maximum absolute atomic E-state index is 12.0. The van der Waals surface area contributed by atoms with Crippen LogP contribution in [0.25, 0.3) is 0 Å². The fourth-order valence-electron chi connectivity index (χ4n) is 3.34. The molecule has 2 aliphatic heterocycles. The summed E-state index contributed by atoms with van der Waals surface area (Å²) >= 11 is 0. The van der Waals surface area contributed by atoms with E-state index in [4.69, 9.17) is 0 Å². The van der Waals surface area contributed by atoms with Crippen molar-refractivity contribution in [3.05, 3.63) is 0 Å². The van der Waals surface area contributed by atoms with Gasteiger partial charge in [0.15, 0.2) is 0 Å². The largest absolute Gasteiger partial charge is 0.338 e. The van der Waals surface area contributed by atoms with Crippen LogP contribution >= 0.6 is 0 Å². The minimum Gasteiger partial charge on any atom is -0.338 e. The number of carbonyl (C=O) groups excluding carboxylic acids is 2. The molecular weight excluding hydrogens is 268 g/mol. The summed E-state index contributed by atoms with van der Waals surface area (Å²) in [5.74, 6) is -0.200. The Bertz CT molecular complexity index is 356. The number of amides is 3. The minimum atomic E-state index is -0.380. The highest BCUT2D eigenvalue weighted by molar-refractivity contribution is 5.95. The molecule has 0 aliphatic carbocycles. The highest BCUT2D eigenvalue weighted by Gasteiger charge is 2.32. The summed E-state index contributed by atoms with van der Waals surface area (Å²) in [7, 11) is 0. The van der Waals surface area contributed by atoms with Crippen molar-refractivity contribution in [3.63, 3.8) is 0 Å². The number of nitrogens with zero attached hydrogens (tertiary/aromatic N) is 1. The predicted molar refractivity (Wildman–Crippen MR) is 82.1 cm³/mol. The first-order chi connectivity index (χ1) is 10.2. The third-order valence-corrected chi connectivity index (χ3v) is 4.36. The van der Waals surface area contributed by atoms with Crippen molar-refractivity contribution in [1.29, 1.82) is 0 Å². The van der Waals surface area contributed by atoms with Crippen LogP contribution in [-0.2, 0) is 4.79 Å². The van der Waals surface area contributed by atoms with E-state index in [0.29, 0.717) is 25.2 Å². The average molecular weight is 296 g/mol. The minimum absolute atomic E-state index is 0.200. The van der Waals surface area contributed by atoms with Gasteiger partial charge in [0.05, 0.1) is 6.54 Å². The highest BCUT2D eigenvalue weighted by Crippen LogP contribution is 2.23. The Morgan fingerprint density at radius 1 is 1.24 bits per heavy atom. The molecule has 0 aromatic carbocycles. The summed E-state index contributed by atoms with van der Waals surface area (Å²) in [6.45, 7) is 4.93. The molecule has 3 amide bonds. The maximum Gasteiger partial charge on any atom is 0.321 e. The van der Waals surface area contributed by atoms with E-state index in [1.807, 2.05) is 6.92 Å². The lowest BCUT2D eigenvalue weighted by atomic mass is 9.94. The van der Waals surface area contributed by atoms with Crippen LogP contribution in [0.15, 0.2) is 0 Å². The molecule has 2 unspecified atom stereocenters. The lowest BCUT2D eigenvalue weighted by Crippen LogP contribution is -2.54. The first-order valence-electron chi connectivity index (χ1n) is 8.26. The van der Waals surface area contributed by atoms with Gasteiger partial charge in [-0.1, -0.05) is 13.3 Å². The van der Waals surface area contributed by atoms with Crippen LogP contribution in [-0.4, -0.2) is 55.1 Å². The standard InChI is InChI=1S/C15H28N4O2/c1-2-8-17-15(21)18-14(20)11-19-10-4-3-7-13(19)12-6-5-9-16-12/h12-13,16H,2-11H2,1H3,(H2,17,18,20,21). The quantitative estimate of drug-likeness (QED) is 0.702. The Morgan fingerprint density at radius 3 is 2.81 bits per heavy atom. The number of hydrogen-bond acceptors (Lipinski definition) is 4. The molecule has 0 aromatic heterocycles. The van der Waals surface area contributed by atoms with Crippen molar-refractivity contribution < 1.29 is 9.59 Å².